The lowest BCUT2D eigenvalue weighted by molar-refractivity contribution is -0.135. The highest BCUT2D eigenvalue weighted by Gasteiger charge is 2.47. The first kappa shape index (κ1) is 12.7. The van der Waals surface area contributed by atoms with Crippen LogP contribution in [0.3, 0.4) is 0 Å². The number of alkyl halides is 2. The average molecular weight is 258 g/mol. The topological polar surface area (TPSA) is 61.3 Å². The van der Waals surface area contributed by atoms with Crippen LogP contribution in [0.15, 0.2) is 6.20 Å². The van der Waals surface area contributed by atoms with Crippen LogP contribution in [0.1, 0.15) is 29.0 Å². The van der Waals surface area contributed by atoms with Gasteiger partial charge in [-0.2, -0.15) is 0 Å². The van der Waals surface area contributed by atoms with Crippen molar-refractivity contribution in [3.63, 3.8) is 0 Å². The van der Waals surface area contributed by atoms with Crippen molar-refractivity contribution < 1.29 is 23.0 Å². The second-order valence-corrected chi connectivity index (χ2v) is 4.14. The van der Waals surface area contributed by atoms with E-state index in [0.717, 1.165) is 0 Å². The Morgan fingerprint density at radius 2 is 2.17 bits per heavy atom. The molecule has 1 heterocycles. The molecule has 1 fully saturated rings. The van der Waals surface area contributed by atoms with Gasteiger partial charge >= 0.3 is 5.97 Å². The van der Waals surface area contributed by atoms with Crippen molar-refractivity contribution in [1.82, 2.24) is 9.97 Å². The second-order valence-electron chi connectivity index (χ2n) is 4.14. The molecule has 1 aliphatic rings. The number of carbonyl (C=O) groups is 1. The zero-order chi connectivity index (χ0) is 13.3. The Kier molecular flexibility index (Phi) is 3.14. The molecule has 0 saturated heterocycles. The smallest absolute Gasteiger partial charge is 0.358 e. The van der Waals surface area contributed by atoms with Gasteiger partial charge in [-0.15, -0.1) is 0 Å². The number of aryl methyl sites for hydroxylation is 1. The fourth-order valence-corrected chi connectivity index (χ4v) is 1.64. The average Bonchev–Trinajstić information content (AvgIpc) is 2.28. The number of hydrogen-bond donors (Lipinski definition) is 0. The van der Waals surface area contributed by atoms with Gasteiger partial charge in [0.05, 0.1) is 13.3 Å². The molecule has 0 bridgehead atoms. The molecule has 0 radical (unpaired) electrons. The SMILES string of the molecule is COC(=O)c1cnc(OC2CC(F)(F)C2)c(C)n1. The van der Waals surface area contributed by atoms with Crippen LogP contribution < -0.4 is 4.74 Å². The second kappa shape index (κ2) is 4.47. The van der Waals surface area contributed by atoms with E-state index in [4.69, 9.17) is 4.74 Å². The van der Waals surface area contributed by atoms with E-state index in [-0.39, 0.29) is 24.4 Å². The number of ether oxygens (including phenoxy) is 2. The number of aromatic nitrogens is 2. The van der Waals surface area contributed by atoms with Crippen LogP contribution in [0.4, 0.5) is 8.78 Å². The standard InChI is InChI=1S/C11H12F2N2O3/c1-6-9(18-7-3-11(12,13)4-7)14-5-8(15-6)10(16)17-2/h5,7H,3-4H2,1-2H3. The van der Waals surface area contributed by atoms with Gasteiger partial charge in [-0.25, -0.2) is 23.5 Å². The van der Waals surface area contributed by atoms with Crippen LogP contribution in [0.5, 0.6) is 5.88 Å². The minimum absolute atomic E-state index is 0.0567. The van der Waals surface area contributed by atoms with Crippen LogP contribution in [-0.2, 0) is 4.74 Å². The predicted molar refractivity (Wildman–Crippen MR) is 56.7 cm³/mol. The van der Waals surface area contributed by atoms with E-state index in [0.29, 0.717) is 5.69 Å². The maximum absolute atomic E-state index is 12.6. The van der Waals surface area contributed by atoms with Crippen LogP contribution in [0, 0.1) is 6.92 Å². The first-order valence-electron chi connectivity index (χ1n) is 5.38. The minimum atomic E-state index is -2.64. The fraction of sp³-hybridized carbons (Fsp3) is 0.545. The van der Waals surface area contributed by atoms with Gasteiger partial charge < -0.3 is 9.47 Å². The van der Waals surface area contributed by atoms with E-state index in [1.807, 2.05) is 0 Å². The Hall–Kier alpha value is -1.79. The molecule has 0 atom stereocenters. The van der Waals surface area contributed by atoms with Crippen molar-refractivity contribution in [2.24, 2.45) is 0 Å². The van der Waals surface area contributed by atoms with Gasteiger partial charge in [-0.1, -0.05) is 0 Å². The number of halogens is 2. The van der Waals surface area contributed by atoms with E-state index in [2.05, 4.69) is 14.7 Å². The van der Waals surface area contributed by atoms with Crippen LogP contribution >= 0.6 is 0 Å². The molecule has 0 spiro atoms. The van der Waals surface area contributed by atoms with Crippen molar-refractivity contribution in [2.75, 3.05) is 7.11 Å². The van der Waals surface area contributed by atoms with Gasteiger partial charge in [-0.05, 0) is 6.92 Å². The molecule has 1 aromatic heterocycles. The molecule has 2 rings (SSSR count). The van der Waals surface area contributed by atoms with E-state index in [1.165, 1.54) is 13.3 Å². The van der Waals surface area contributed by atoms with Crippen molar-refractivity contribution in [3.05, 3.63) is 17.6 Å². The third-order valence-electron chi connectivity index (χ3n) is 2.63. The van der Waals surface area contributed by atoms with Crippen molar-refractivity contribution in [2.45, 2.75) is 31.8 Å². The molecule has 0 aromatic carbocycles. The first-order chi connectivity index (χ1) is 8.41. The van der Waals surface area contributed by atoms with Gasteiger partial charge in [0.15, 0.2) is 5.69 Å². The molecule has 5 nitrogen and oxygen atoms in total. The lowest BCUT2D eigenvalue weighted by atomic mass is 9.91. The van der Waals surface area contributed by atoms with E-state index in [9.17, 15) is 13.6 Å². The van der Waals surface area contributed by atoms with Gasteiger partial charge in [0, 0.05) is 12.8 Å². The third kappa shape index (κ3) is 2.55. The van der Waals surface area contributed by atoms with Crippen molar-refractivity contribution in [1.29, 1.82) is 0 Å². The van der Waals surface area contributed by atoms with Gasteiger partial charge in [-0.3, -0.25) is 0 Å². The minimum Gasteiger partial charge on any atom is -0.473 e. The summed E-state index contributed by atoms with van der Waals surface area (Å²) in [6.45, 7) is 1.59. The number of hydrogen-bond acceptors (Lipinski definition) is 5. The third-order valence-corrected chi connectivity index (χ3v) is 2.63. The van der Waals surface area contributed by atoms with Gasteiger partial charge in [0.1, 0.15) is 11.8 Å². The summed E-state index contributed by atoms with van der Waals surface area (Å²) in [5.74, 6) is -3.08. The molecular formula is C11H12F2N2O3. The van der Waals surface area contributed by atoms with Crippen LogP contribution in [-0.4, -0.2) is 35.1 Å². The number of rotatable bonds is 3. The molecule has 0 amide bonds. The van der Waals surface area contributed by atoms with E-state index < -0.39 is 18.0 Å². The number of esters is 1. The van der Waals surface area contributed by atoms with E-state index >= 15 is 0 Å². The molecule has 0 unspecified atom stereocenters. The number of methoxy groups -OCH3 is 1. The normalized spacial score (nSPS) is 18.0. The largest absolute Gasteiger partial charge is 0.473 e. The molecule has 18 heavy (non-hydrogen) atoms. The summed E-state index contributed by atoms with van der Waals surface area (Å²) in [4.78, 5) is 19.0. The number of nitrogens with zero attached hydrogens (tertiary/aromatic N) is 2. The molecule has 1 saturated carbocycles. The monoisotopic (exact) mass is 258 g/mol. The lowest BCUT2D eigenvalue weighted by Gasteiger charge is -2.34. The summed E-state index contributed by atoms with van der Waals surface area (Å²) in [5, 5.41) is 0. The quantitative estimate of drug-likeness (QED) is 0.773. The molecular weight excluding hydrogens is 246 g/mol. The van der Waals surface area contributed by atoms with E-state index in [1.54, 1.807) is 6.92 Å². The maximum atomic E-state index is 12.6. The summed E-state index contributed by atoms with van der Waals surface area (Å²) < 4.78 is 35.0. The summed E-state index contributed by atoms with van der Waals surface area (Å²) in [6, 6.07) is 0. The highest BCUT2D eigenvalue weighted by molar-refractivity contribution is 5.86. The molecule has 0 aliphatic heterocycles. The Morgan fingerprint density at radius 3 is 2.67 bits per heavy atom. The predicted octanol–water partition coefficient (Wildman–Crippen LogP) is 1.75. The molecule has 1 aromatic rings. The van der Waals surface area contributed by atoms with Gasteiger partial charge in [0.25, 0.3) is 5.92 Å². The lowest BCUT2D eigenvalue weighted by Crippen LogP contribution is -2.43. The Morgan fingerprint density at radius 1 is 1.50 bits per heavy atom. The zero-order valence-electron chi connectivity index (χ0n) is 9.94. The van der Waals surface area contributed by atoms with Crippen LogP contribution in [0.2, 0.25) is 0 Å². The molecule has 7 heteroatoms. The summed E-state index contributed by atoms with van der Waals surface area (Å²) >= 11 is 0. The molecule has 1 aliphatic carbocycles. The Balaban J connectivity index is 2.04. The first-order valence-corrected chi connectivity index (χ1v) is 5.38. The highest BCUT2D eigenvalue weighted by Crippen LogP contribution is 2.39. The number of carbonyl (C=O) groups excluding carboxylic acids is 1. The Labute approximate surface area is 102 Å². The summed E-state index contributed by atoms with van der Waals surface area (Å²) in [6.07, 6.45) is 0.0297. The van der Waals surface area contributed by atoms with Crippen LogP contribution in [0.25, 0.3) is 0 Å². The summed E-state index contributed by atoms with van der Waals surface area (Å²) in [5.41, 5.74) is 0.425. The molecule has 98 valence electrons. The highest BCUT2D eigenvalue weighted by atomic mass is 19.3. The van der Waals surface area contributed by atoms with Crippen molar-refractivity contribution in [3.8, 4) is 5.88 Å². The fourth-order valence-electron chi connectivity index (χ4n) is 1.64. The Bertz CT molecular complexity index is 471. The molecule has 0 N–H and O–H groups in total. The van der Waals surface area contributed by atoms with Crippen molar-refractivity contribution >= 4 is 5.97 Å². The summed E-state index contributed by atoms with van der Waals surface area (Å²) in [7, 11) is 1.24. The zero-order valence-corrected chi connectivity index (χ0v) is 9.94. The van der Waals surface area contributed by atoms with Gasteiger partial charge in [0.2, 0.25) is 5.88 Å². The maximum Gasteiger partial charge on any atom is 0.358 e.